The molecule has 2 fully saturated rings. The molecule has 0 aromatic rings. The lowest BCUT2D eigenvalue weighted by molar-refractivity contribution is 0.0966. The number of rotatable bonds is 2. The highest BCUT2D eigenvalue weighted by Gasteiger charge is 2.26. The van der Waals surface area contributed by atoms with E-state index in [1.807, 2.05) is 0 Å². The van der Waals surface area contributed by atoms with Gasteiger partial charge in [0, 0.05) is 25.7 Å². The number of aliphatic hydroxyl groups excluding tert-OH is 1. The number of likely N-dealkylation sites (tertiary alicyclic amines) is 1. The summed E-state index contributed by atoms with van der Waals surface area (Å²) < 4.78 is 0. The van der Waals surface area contributed by atoms with Gasteiger partial charge in [-0.25, -0.2) is 0 Å². The van der Waals surface area contributed by atoms with Crippen LogP contribution in [0.25, 0.3) is 0 Å². The summed E-state index contributed by atoms with van der Waals surface area (Å²) in [6, 6.07) is 0.682. The minimum Gasteiger partial charge on any atom is -0.396 e. The van der Waals surface area contributed by atoms with Gasteiger partial charge in [0.2, 0.25) is 0 Å². The Bertz CT molecular complexity index is 169. The van der Waals surface area contributed by atoms with Crippen LogP contribution in [0.5, 0.6) is 0 Å². The number of piperidine rings is 2. The summed E-state index contributed by atoms with van der Waals surface area (Å²) in [4.78, 5) is 2.61. The van der Waals surface area contributed by atoms with Crippen molar-refractivity contribution < 1.29 is 5.11 Å². The Morgan fingerprint density at radius 3 is 2.64 bits per heavy atom. The second-order valence-corrected chi connectivity index (χ2v) is 4.69. The van der Waals surface area contributed by atoms with E-state index in [0.29, 0.717) is 18.6 Å². The Morgan fingerprint density at radius 2 is 1.93 bits per heavy atom. The smallest absolute Gasteiger partial charge is 0.0472 e. The fourth-order valence-corrected chi connectivity index (χ4v) is 2.71. The van der Waals surface area contributed by atoms with E-state index in [1.54, 1.807) is 0 Å². The zero-order valence-electron chi connectivity index (χ0n) is 8.91. The molecule has 2 atom stereocenters. The standard InChI is InChI=1S/C11H22N2O/c14-9-10-6-11(8-12-7-10)13-4-2-1-3-5-13/h10-12,14H,1-9H2. The van der Waals surface area contributed by atoms with E-state index >= 15 is 0 Å². The van der Waals surface area contributed by atoms with Gasteiger partial charge < -0.3 is 10.4 Å². The third-order valence-electron chi connectivity index (χ3n) is 3.58. The van der Waals surface area contributed by atoms with E-state index in [0.717, 1.165) is 13.1 Å². The molecule has 0 spiro atoms. The van der Waals surface area contributed by atoms with E-state index in [-0.39, 0.29) is 0 Å². The molecular formula is C11H22N2O. The fraction of sp³-hybridized carbons (Fsp3) is 1.00. The first-order valence-corrected chi connectivity index (χ1v) is 5.96. The van der Waals surface area contributed by atoms with Crippen molar-refractivity contribution in [1.82, 2.24) is 10.2 Å². The number of hydrogen-bond acceptors (Lipinski definition) is 3. The van der Waals surface area contributed by atoms with Crippen LogP contribution in [0.4, 0.5) is 0 Å². The summed E-state index contributed by atoms with van der Waals surface area (Å²) >= 11 is 0. The van der Waals surface area contributed by atoms with Gasteiger partial charge >= 0.3 is 0 Å². The van der Waals surface area contributed by atoms with Crippen LogP contribution in [0.3, 0.4) is 0 Å². The molecule has 0 saturated carbocycles. The molecule has 2 heterocycles. The lowest BCUT2D eigenvalue weighted by Gasteiger charge is -2.39. The quantitative estimate of drug-likeness (QED) is 0.676. The van der Waals surface area contributed by atoms with Crippen molar-refractivity contribution in [2.45, 2.75) is 31.7 Å². The summed E-state index contributed by atoms with van der Waals surface area (Å²) in [5.74, 6) is 0.482. The Hall–Kier alpha value is -0.120. The zero-order chi connectivity index (χ0) is 9.80. The summed E-state index contributed by atoms with van der Waals surface area (Å²) in [5, 5.41) is 12.6. The van der Waals surface area contributed by atoms with Gasteiger partial charge in [0.05, 0.1) is 0 Å². The molecule has 0 aromatic heterocycles. The Morgan fingerprint density at radius 1 is 1.14 bits per heavy atom. The van der Waals surface area contributed by atoms with Crippen molar-refractivity contribution >= 4 is 0 Å². The molecule has 2 rings (SSSR count). The molecule has 0 bridgehead atoms. The number of hydrogen-bond donors (Lipinski definition) is 2. The predicted octanol–water partition coefficient (Wildman–Crippen LogP) is 0.443. The van der Waals surface area contributed by atoms with Crippen LogP contribution in [0.2, 0.25) is 0 Å². The van der Waals surface area contributed by atoms with Crippen LogP contribution >= 0.6 is 0 Å². The monoisotopic (exact) mass is 198 g/mol. The van der Waals surface area contributed by atoms with Gasteiger partial charge in [-0.3, -0.25) is 4.90 Å². The maximum Gasteiger partial charge on any atom is 0.0472 e. The van der Waals surface area contributed by atoms with Crippen LogP contribution in [-0.4, -0.2) is 48.8 Å². The average Bonchev–Trinajstić information content (AvgIpc) is 2.30. The van der Waals surface area contributed by atoms with Crippen molar-refractivity contribution in [3.05, 3.63) is 0 Å². The van der Waals surface area contributed by atoms with E-state index < -0.39 is 0 Å². The SMILES string of the molecule is OCC1CNCC(N2CCCCC2)C1. The Kier molecular flexibility index (Phi) is 3.79. The molecule has 0 radical (unpaired) electrons. The third kappa shape index (κ3) is 2.47. The van der Waals surface area contributed by atoms with Gasteiger partial charge in [-0.2, -0.15) is 0 Å². The summed E-state index contributed by atoms with van der Waals surface area (Å²) in [6.07, 6.45) is 5.31. The lowest BCUT2D eigenvalue weighted by atomic mass is 9.94. The molecule has 3 nitrogen and oxygen atoms in total. The lowest BCUT2D eigenvalue weighted by Crippen LogP contribution is -2.51. The molecule has 0 amide bonds. The molecule has 2 unspecified atom stereocenters. The van der Waals surface area contributed by atoms with E-state index in [1.165, 1.54) is 38.8 Å². The average molecular weight is 198 g/mol. The van der Waals surface area contributed by atoms with Gasteiger partial charge in [-0.1, -0.05) is 6.42 Å². The van der Waals surface area contributed by atoms with Crippen molar-refractivity contribution in [2.24, 2.45) is 5.92 Å². The molecule has 2 saturated heterocycles. The van der Waals surface area contributed by atoms with Gasteiger partial charge in [0.25, 0.3) is 0 Å². The topological polar surface area (TPSA) is 35.5 Å². The molecule has 0 aromatic carbocycles. The predicted molar refractivity (Wildman–Crippen MR) is 57.3 cm³/mol. The van der Waals surface area contributed by atoms with Crippen LogP contribution in [-0.2, 0) is 0 Å². The van der Waals surface area contributed by atoms with Gasteiger partial charge in [0.1, 0.15) is 0 Å². The maximum absolute atomic E-state index is 9.15. The first kappa shape index (κ1) is 10.4. The Balaban J connectivity index is 1.83. The van der Waals surface area contributed by atoms with Crippen LogP contribution < -0.4 is 5.32 Å². The molecule has 2 N–H and O–H groups in total. The van der Waals surface area contributed by atoms with Crippen LogP contribution in [0.1, 0.15) is 25.7 Å². The molecule has 2 aliphatic rings. The number of nitrogens with zero attached hydrogens (tertiary/aromatic N) is 1. The molecule has 82 valence electrons. The second-order valence-electron chi connectivity index (χ2n) is 4.69. The van der Waals surface area contributed by atoms with Gasteiger partial charge in [-0.15, -0.1) is 0 Å². The summed E-state index contributed by atoms with van der Waals surface area (Å²) in [5.41, 5.74) is 0. The zero-order valence-corrected chi connectivity index (χ0v) is 8.91. The molecular weight excluding hydrogens is 176 g/mol. The van der Waals surface area contributed by atoms with Gasteiger partial charge in [-0.05, 0) is 38.3 Å². The van der Waals surface area contributed by atoms with Gasteiger partial charge in [0.15, 0.2) is 0 Å². The molecule has 14 heavy (non-hydrogen) atoms. The fourth-order valence-electron chi connectivity index (χ4n) is 2.71. The maximum atomic E-state index is 9.15. The molecule has 3 heteroatoms. The first-order chi connectivity index (χ1) is 6.90. The highest BCUT2D eigenvalue weighted by atomic mass is 16.3. The second kappa shape index (κ2) is 5.10. The van der Waals surface area contributed by atoms with E-state index in [9.17, 15) is 0 Å². The summed E-state index contributed by atoms with van der Waals surface area (Å²) in [6.45, 7) is 5.00. The number of aliphatic hydroxyl groups is 1. The summed E-state index contributed by atoms with van der Waals surface area (Å²) in [7, 11) is 0. The minimum atomic E-state index is 0.345. The Labute approximate surface area is 86.5 Å². The van der Waals surface area contributed by atoms with Crippen LogP contribution in [0.15, 0.2) is 0 Å². The highest BCUT2D eigenvalue weighted by molar-refractivity contribution is 4.84. The first-order valence-electron chi connectivity index (χ1n) is 5.96. The third-order valence-corrected chi connectivity index (χ3v) is 3.58. The van der Waals surface area contributed by atoms with Crippen molar-refractivity contribution in [3.63, 3.8) is 0 Å². The molecule has 2 aliphatic heterocycles. The van der Waals surface area contributed by atoms with E-state index in [2.05, 4.69) is 10.2 Å². The minimum absolute atomic E-state index is 0.345. The van der Waals surface area contributed by atoms with Crippen molar-refractivity contribution in [3.8, 4) is 0 Å². The van der Waals surface area contributed by atoms with Crippen molar-refractivity contribution in [1.29, 1.82) is 0 Å². The normalized spacial score (nSPS) is 35.8. The van der Waals surface area contributed by atoms with Crippen molar-refractivity contribution in [2.75, 3.05) is 32.8 Å². The highest BCUT2D eigenvalue weighted by Crippen LogP contribution is 2.19. The van der Waals surface area contributed by atoms with E-state index in [4.69, 9.17) is 5.11 Å². The molecule has 0 aliphatic carbocycles. The largest absolute Gasteiger partial charge is 0.396 e. The number of nitrogens with one attached hydrogen (secondary N) is 1. The van der Waals surface area contributed by atoms with Crippen LogP contribution in [0, 0.1) is 5.92 Å².